The summed E-state index contributed by atoms with van der Waals surface area (Å²) in [5.41, 5.74) is 5.94. The molecule has 0 radical (unpaired) electrons. The van der Waals surface area contributed by atoms with Crippen LogP contribution in [-0.4, -0.2) is 32.8 Å². The van der Waals surface area contributed by atoms with Crippen LogP contribution in [0.2, 0.25) is 0 Å². The Hall–Kier alpha value is -0.120. The van der Waals surface area contributed by atoms with E-state index in [1.807, 2.05) is 0 Å². The average Bonchev–Trinajstić information content (AvgIpc) is 2.01. The van der Waals surface area contributed by atoms with E-state index in [0.29, 0.717) is 0 Å². The highest BCUT2D eigenvalue weighted by Gasteiger charge is 2.36. The molecule has 78 valence electrons. The lowest BCUT2D eigenvalue weighted by Crippen LogP contribution is -2.54. The van der Waals surface area contributed by atoms with Crippen LogP contribution >= 0.6 is 0 Å². The Kier molecular flexibility index (Phi) is 4.16. The van der Waals surface area contributed by atoms with Gasteiger partial charge in [-0.3, -0.25) is 0 Å². The Morgan fingerprint density at radius 3 is 2.54 bits per heavy atom. The molecule has 3 heteroatoms. The molecule has 0 saturated carbocycles. The Labute approximate surface area is 81.0 Å². The van der Waals surface area contributed by atoms with Crippen LogP contribution in [0.3, 0.4) is 0 Å². The zero-order valence-corrected chi connectivity index (χ0v) is 8.81. The third-order valence-electron chi connectivity index (χ3n) is 2.65. The predicted molar refractivity (Wildman–Crippen MR) is 54.6 cm³/mol. The summed E-state index contributed by atoms with van der Waals surface area (Å²) < 4.78 is 5.19. The molecule has 0 unspecified atom stereocenters. The van der Waals surface area contributed by atoms with Crippen molar-refractivity contribution in [2.75, 3.05) is 32.8 Å². The van der Waals surface area contributed by atoms with Gasteiger partial charge in [0.2, 0.25) is 0 Å². The minimum Gasteiger partial charge on any atom is -0.380 e. The predicted octanol–water partition coefficient (Wildman–Crippen LogP) is 0.597. The molecule has 1 aliphatic heterocycles. The molecule has 1 heterocycles. The fraction of sp³-hybridized carbons (Fsp3) is 1.00. The maximum Gasteiger partial charge on any atom is 0.0569 e. The molecule has 0 atom stereocenters. The summed E-state index contributed by atoms with van der Waals surface area (Å²) in [6.45, 7) is 8.99. The van der Waals surface area contributed by atoms with Gasteiger partial charge >= 0.3 is 0 Å². The molecule has 1 aliphatic rings. The molecule has 0 bridgehead atoms. The summed E-state index contributed by atoms with van der Waals surface area (Å²) >= 11 is 0. The Bertz CT molecular complexity index is 138. The van der Waals surface area contributed by atoms with Crippen LogP contribution in [0.1, 0.15) is 20.3 Å². The van der Waals surface area contributed by atoms with Crippen LogP contribution in [0.15, 0.2) is 0 Å². The van der Waals surface area contributed by atoms with E-state index < -0.39 is 0 Å². The highest BCUT2D eigenvalue weighted by atomic mass is 16.5. The van der Waals surface area contributed by atoms with Crippen LogP contribution in [0.4, 0.5) is 0 Å². The first-order valence-corrected chi connectivity index (χ1v) is 5.17. The van der Waals surface area contributed by atoms with Crippen molar-refractivity contribution < 1.29 is 4.74 Å². The highest BCUT2D eigenvalue weighted by molar-refractivity contribution is 4.88. The third-order valence-corrected chi connectivity index (χ3v) is 2.65. The van der Waals surface area contributed by atoms with E-state index >= 15 is 0 Å². The zero-order chi connectivity index (χ0) is 9.73. The summed E-state index contributed by atoms with van der Waals surface area (Å²) in [5.74, 6) is 0.777. The Morgan fingerprint density at radius 1 is 1.46 bits per heavy atom. The normalized spacial score (nSPS) is 20.3. The maximum atomic E-state index is 5.69. The zero-order valence-electron chi connectivity index (χ0n) is 8.81. The van der Waals surface area contributed by atoms with Crippen molar-refractivity contribution >= 4 is 0 Å². The van der Waals surface area contributed by atoms with E-state index in [0.717, 1.165) is 38.8 Å². The van der Waals surface area contributed by atoms with Gasteiger partial charge in [-0.1, -0.05) is 13.8 Å². The van der Waals surface area contributed by atoms with Crippen LogP contribution in [-0.2, 0) is 4.74 Å². The smallest absolute Gasteiger partial charge is 0.0569 e. The van der Waals surface area contributed by atoms with E-state index in [1.165, 1.54) is 6.42 Å². The van der Waals surface area contributed by atoms with Gasteiger partial charge in [0, 0.05) is 18.5 Å². The summed E-state index contributed by atoms with van der Waals surface area (Å²) in [6, 6.07) is 0. The highest BCUT2D eigenvalue weighted by Crippen LogP contribution is 2.24. The topological polar surface area (TPSA) is 47.3 Å². The molecular formula is C10H22N2O. The molecule has 0 spiro atoms. The molecule has 0 aromatic rings. The molecule has 0 aliphatic carbocycles. The van der Waals surface area contributed by atoms with Crippen molar-refractivity contribution in [3.05, 3.63) is 0 Å². The average molecular weight is 186 g/mol. The quantitative estimate of drug-likeness (QED) is 0.597. The SMILES string of the molecule is CC(C)CCNCC1(CN)COC1. The summed E-state index contributed by atoms with van der Waals surface area (Å²) in [5, 5.41) is 3.45. The second-order valence-corrected chi connectivity index (χ2v) is 4.56. The minimum atomic E-state index is 0.247. The second-order valence-electron chi connectivity index (χ2n) is 4.56. The lowest BCUT2D eigenvalue weighted by atomic mass is 9.86. The monoisotopic (exact) mass is 186 g/mol. The van der Waals surface area contributed by atoms with E-state index in [-0.39, 0.29) is 5.41 Å². The van der Waals surface area contributed by atoms with Gasteiger partial charge in [-0.05, 0) is 18.9 Å². The molecular weight excluding hydrogens is 164 g/mol. The number of hydrogen-bond donors (Lipinski definition) is 2. The van der Waals surface area contributed by atoms with Crippen molar-refractivity contribution in [1.82, 2.24) is 5.32 Å². The lowest BCUT2D eigenvalue weighted by molar-refractivity contribution is -0.104. The van der Waals surface area contributed by atoms with Crippen molar-refractivity contribution in [1.29, 1.82) is 0 Å². The van der Waals surface area contributed by atoms with Gasteiger partial charge in [0.15, 0.2) is 0 Å². The number of hydrogen-bond acceptors (Lipinski definition) is 3. The molecule has 3 nitrogen and oxygen atoms in total. The fourth-order valence-electron chi connectivity index (χ4n) is 1.43. The number of ether oxygens (including phenoxy) is 1. The van der Waals surface area contributed by atoms with Crippen LogP contribution in [0.25, 0.3) is 0 Å². The first-order chi connectivity index (χ1) is 6.18. The summed E-state index contributed by atoms with van der Waals surface area (Å²) in [6.07, 6.45) is 1.24. The molecule has 0 aromatic heterocycles. The Balaban J connectivity index is 2.04. The molecule has 3 N–H and O–H groups in total. The molecule has 0 amide bonds. The second kappa shape index (κ2) is 4.94. The largest absolute Gasteiger partial charge is 0.380 e. The lowest BCUT2D eigenvalue weighted by Gasteiger charge is -2.40. The number of rotatable bonds is 6. The van der Waals surface area contributed by atoms with Crippen molar-refractivity contribution in [3.8, 4) is 0 Å². The van der Waals surface area contributed by atoms with E-state index in [2.05, 4.69) is 19.2 Å². The van der Waals surface area contributed by atoms with E-state index in [1.54, 1.807) is 0 Å². The molecule has 0 aromatic carbocycles. The number of nitrogens with one attached hydrogen (secondary N) is 1. The first kappa shape index (κ1) is 11.0. The van der Waals surface area contributed by atoms with E-state index in [4.69, 9.17) is 10.5 Å². The van der Waals surface area contributed by atoms with Gasteiger partial charge in [-0.2, -0.15) is 0 Å². The van der Waals surface area contributed by atoms with E-state index in [9.17, 15) is 0 Å². The van der Waals surface area contributed by atoms with Crippen molar-refractivity contribution in [3.63, 3.8) is 0 Å². The van der Waals surface area contributed by atoms with Crippen molar-refractivity contribution in [2.45, 2.75) is 20.3 Å². The molecule has 13 heavy (non-hydrogen) atoms. The van der Waals surface area contributed by atoms with Crippen LogP contribution < -0.4 is 11.1 Å². The first-order valence-electron chi connectivity index (χ1n) is 5.17. The standard InChI is InChI=1S/C10H22N2O/c1-9(2)3-4-12-6-10(5-11)7-13-8-10/h9,12H,3-8,11H2,1-2H3. The van der Waals surface area contributed by atoms with Gasteiger partial charge in [0.1, 0.15) is 0 Å². The van der Waals surface area contributed by atoms with Gasteiger partial charge in [0.05, 0.1) is 13.2 Å². The van der Waals surface area contributed by atoms with Gasteiger partial charge in [0.25, 0.3) is 0 Å². The van der Waals surface area contributed by atoms with Gasteiger partial charge < -0.3 is 15.8 Å². The van der Waals surface area contributed by atoms with Crippen LogP contribution in [0.5, 0.6) is 0 Å². The number of nitrogens with two attached hydrogens (primary N) is 1. The Morgan fingerprint density at radius 2 is 2.15 bits per heavy atom. The summed E-state index contributed by atoms with van der Waals surface area (Å²) in [7, 11) is 0. The molecule has 1 fully saturated rings. The van der Waals surface area contributed by atoms with Gasteiger partial charge in [-0.25, -0.2) is 0 Å². The van der Waals surface area contributed by atoms with Gasteiger partial charge in [-0.15, -0.1) is 0 Å². The maximum absolute atomic E-state index is 5.69. The molecule has 1 rings (SSSR count). The minimum absolute atomic E-state index is 0.247. The third kappa shape index (κ3) is 3.25. The summed E-state index contributed by atoms with van der Waals surface area (Å²) in [4.78, 5) is 0. The fourth-order valence-corrected chi connectivity index (χ4v) is 1.43. The molecule has 1 saturated heterocycles. The van der Waals surface area contributed by atoms with Crippen LogP contribution in [0, 0.1) is 11.3 Å². The van der Waals surface area contributed by atoms with Crippen molar-refractivity contribution in [2.24, 2.45) is 17.1 Å².